The molecule has 1 aromatic heterocycles. The molecule has 0 saturated heterocycles. The van der Waals surface area contributed by atoms with E-state index in [-0.39, 0.29) is 34.4 Å². The largest absolute Gasteiger partial charge is 0.507 e. The number of phenolic OH excluding ortho intramolecular Hbond substituents is 1. The highest BCUT2D eigenvalue weighted by Crippen LogP contribution is 2.39. The van der Waals surface area contributed by atoms with Crippen molar-refractivity contribution in [1.29, 1.82) is 0 Å². The molecule has 0 fully saturated rings. The maximum Gasteiger partial charge on any atom is 0.450 e. The maximum atomic E-state index is 13.9. The number of hydrogen-bond donors (Lipinski definition) is 1. The Morgan fingerprint density at radius 3 is 2.23 bits per heavy atom. The van der Waals surface area contributed by atoms with Crippen LogP contribution in [-0.4, -0.2) is 30.2 Å². The van der Waals surface area contributed by atoms with E-state index in [0.29, 0.717) is 18.8 Å². The molecule has 0 radical (unpaired) electrons. The maximum absolute atomic E-state index is 13.9. The SMILES string of the molecule is CCN(CC)Cc1c(O)ccc2c(=O)c(-c3ccc(OC)cc3)c(C(F)(F)F)oc12. The summed E-state index contributed by atoms with van der Waals surface area (Å²) in [7, 11) is 1.43. The Balaban J connectivity index is 2.34. The van der Waals surface area contributed by atoms with Crippen LogP contribution in [0.2, 0.25) is 0 Å². The number of methoxy groups -OCH3 is 1. The van der Waals surface area contributed by atoms with Gasteiger partial charge in [0.2, 0.25) is 11.2 Å². The molecule has 2 aromatic carbocycles. The molecule has 0 aliphatic carbocycles. The fourth-order valence-electron chi connectivity index (χ4n) is 3.35. The number of alkyl halides is 3. The summed E-state index contributed by atoms with van der Waals surface area (Å²) in [6.45, 7) is 5.17. The molecule has 1 heterocycles. The molecular formula is C22H22F3NO4. The molecule has 0 amide bonds. The minimum atomic E-state index is -4.90. The van der Waals surface area contributed by atoms with E-state index in [2.05, 4.69) is 0 Å². The molecule has 0 aliphatic heterocycles. The Hall–Kier alpha value is -3.00. The molecule has 0 spiro atoms. The minimum Gasteiger partial charge on any atom is -0.507 e. The Bertz CT molecular complexity index is 1100. The van der Waals surface area contributed by atoms with Crippen LogP contribution in [0.15, 0.2) is 45.6 Å². The number of rotatable bonds is 6. The number of ether oxygens (including phenoxy) is 1. The van der Waals surface area contributed by atoms with Gasteiger partial charge >= 0.3 is 6.18 Å². The number of nitrogens with zero attached hydrogens (tertiary/aromatic N) is 1. The Morgan fingerprint density at radius 2 is 1.70 bits per heavy atom. The zero-order valence-corrected chi connectivity index (χ0v) is 16.8. The van der Waals surface area contributed by atoms with Crippen molar-refractivity contribution in [2.24, 2.45) is 0 Å². The van der Waals surface area contributed by atoms with Crippen molar-refractivity contribution >= 4 is 11.0 Å². The Labute approximate surface area is 171 Å². The van der Waals surface area contributed by atoms with Crippen LogP contribution < -0.4 is 10.2 Å². The van der Waals surface area contributed by atoms with Gasteiger partial charge in [0.1, 0.15) is 17.1 Å². The fourth-order valence-corrected chi connectivity index (χ4v) is 3.35. The summed E-state index contributed by atoms with van der Waals surface area (Å²) in [4.78, 5) is 15.1. The van der Waals surface area contributed by atoms with Gasteiger partial charge in [0, 0.05) is 6.54 Å². The molecule has 3 aromatic rings. The summed E-state index contributed by atoms with van der Waals surface area (Å²) in [5.41, 5.74) is -1.42. The second kappa shape index (κ2) is 8.39. The highest BCUT2D eigenvalue weighted by atomic mass is 19.4. The third-order valence-electron chi connectivity index (χ3n) is 5.05. The Morgan fingerprint density at radius 1 is 1.07 bits per heavy atom. The first-order valence-corrected chi connectivity index (χ1v) is 9.46. The van der Waals surface area contributed by atoms with Gasteiger partial charge in [-0.15, -0.1) is 0 Å². The number of benzene rings is 2. The molecule has 30 heavy (non-hydrogen) atoms. The number of aromatic hydroxyl groups is 1. The number of hydrogen-bond acceptors (Lipinski definition) is 5. The van der Waals surface area contributed by atoms with Gasteiger partial charge < -0.3 is 14.3 Å². The van der Waals surface area contributed by atoms with E-state index in [0.717, 1.165) is 0 Å². The van der Waals surface area contributed by atoms with Crippen molar-refractivity contribution in [2.45, 2.75) is 26.6 Å². The average Bonchev–Trinajstić information content (AvgIpc) is 2.72. The topological polar surface area (TPSA) is 62.9 Å². The van der Waals surface area contributed by atoms with E-state index in [4.69, 9.17) is 9.15 Å². The third kappa shape index (κ3) is 4.00. The molecule has 5 nitrogen and oxygen atoms in total. The molecule has 0 unspecified atom stereocenters. The number of phenols is 1. The van der Waals surface area contributed by atoms with Crippen LogP contribution in [0.1, 0.15) is 25.2 Å². The lowest BCUT2D eigenvalue weighted by atomic mass is 10.00. The summed E-state index contributed by atoms with van der Waals surface area (Å²) in [5, 5.41) is 10.3. The monoisotopic (exact) mass is 421 g/mol. The zero-order valence-electron chi connectivity index (χ0n) is 16.8. The second-order valence-corrected chi connectivity index (χ2v) is 6.76. The van der Waals surface area contributed by atoms with Gasteiger partial charge in [-0.25, -0.2) is 0 Å². The highest BCUT2D eigenvalue weighted by Gasteiger charge is 2.39. The van der Waals surface area contributed by atoms with Gasteiger partial charge in [-0.3, -0.25) is 9.69 Å². The van der Waals surface area contributed by atoms with Crippen molar-refractivity contribution in [2.75, 3.05) is 20.2 Å². The Kier molecular flexibility index (Phi) is 6.07. The van der Waals surface area contributed by atoms with Crippen LogP contribution in [0.25, 0.3) is 22.1 Å². The van der Waals surface area contributed by atoms with Crippen LogP contribution in [-0.2, 0) is 12.7 Å². The van der Waals surface area contributed by atoms with E-state index in [1.165, 1.54) is 43.5 Å². The molecule has 0 atom stereocenters. The average molecular weight is 421 g/mol. The summed E-state index contributed by atoms with van der Waals surface area (Å²) >= 11 is 0. The smallest absolute Gasteiger partial charge is 0.450 e. The quantitative estimate of drug-likeness (QED) is 0.605. The van der Waals surface area contributed by atoms with Gasteiger partial charge in [0.05, 0.1) is 23.6 Å². The van der Waals surface area contributed by atoms with Gasteiger partial charge in [-0.1, -0.05) is 26.0 Å². The molecule has 8 heteroatoms. The highest BCUT2D eigenvalue weighted by molar-refractivity contribution is 5.86. The van der Waals surface area contributed by atoms with Gasteiger partial charge in [0.25, 0.3) is 0 Å². The van der Waals surface area contributed by atoms with Crippen LogP contribution in [0.4, 0.5) is 13.2 Å². The van der Waals surface area contributed by atoms with Crippen LogP contribution in [0.5, 0.6) is 11.5 Å². The van der Waals surface area contributed by atoms with E-state index in [1.54, 1.807) is 0 Å². The molecule has 0 saturated carbocycles. The molecule has 160 valence electrons. The van der Waals surface area contributed by atoms with Crippen LogP contribution >= 0.6 is 0 Å². The standard InChI is InChI=1S/C22H22F3NO4/c1-4-26(5-2)12-16-17(27)11-10-15-19(28)18(13-6-8-14(29-3)9-7-13)21(22(23,24)25)30-20(15)16/h6-11,27H,4-5,12H2,1-3H3. The first-order valence-electron chi connectivity index (χ1n) is 9.46. The first kappa shape index (κ1) is 21.7. The van der Waals surface area contributed by atoms with E-state index >= 15 is 0 Å². The fraction of sp³-hybridized carbons (Fsp3) is 0.318. The van der Waals surface area contributed by atoms with Crippen LogP contribution in [0, 0.1) is 0 Å². The van der Waals surface area contributed by atoms with E-state index < -0.39 is 22.9 Å². The van der Waals surface area contributed by atoms with Gasteiger partial charge in [0.15, 0.2) is 0 Å². The normalized spacial score (nSPS) is 12.0. The predicted molar refractivity (Wildman–Crippen MR) is 108 cm³/mol. The minimum absolute atomic E-state index is 0.0197. The lowest BCUT2D eigenvalue weighted by Crippen LogP contribution is -2.23. The third-order valence-corrected chi connectivity index (χ3v) is 5.05. The van der Waals surface area contributed by atoms with Gasteiger partial charge in [-0.05, 0) is 42.9 Å². The van der Waals surface area contributed by atoms with E-state index in [1.807, 2.05) is 18.7 Å². The van der Waals surface area contributed by atoms with Crippen molar-refractivity contribution in [3.63, 3.8) is 0 Å². The zero-order chi connectivity index (χ0) is 22.1. The summed E-state index contributed by atoms with van der Waals surface area (Å²) in [6, 6.07) is 8.30. The van der Waals surface area contributed by atoms with E-state index in [9.17, 15) is 23.1 Å². The molecular weight excluding hydrogens is 399 g/mol. The number of halogens is 3. The molecule has 3 rings (SSSR count). The van der Waals surface area contributed by atoms with Crippen molar-refractivity contribution in [3.8, 4) is 22.6 Å². The lowest BCUT2D eigenvalue weighted by molar-refractivity contribution is -0.152. The van der Waals surface area contributed by atoms with Crippen molar-refractivity contribution in [3.05, 3.63) is 57.9 Å². The van der Waals surface area contributed by atoms with Crippen LogP contribution in [0.3, 0.4) is 0 Å². The number of fused-ring (bicyclic) bond motifs is 1. The summed E-state index contributed by atoms with van der Waals surface area (Å²) < 4.78 is 52.0. The molecule has 0 bridgehead atoms. The predicted octanol–water partition coefficient (Wildman–Crippen LogP) is 5.03. The van der Waals surface area contributed by atoms with Gasteiger partial charge in [-0.2, -0.15) is 13.2 Å². The second-order valence-electron chi connectivity index (χ2n) is 6.76. The summed E-state index contributed by atoms with van der Waals surface area (Å²) in [6.07, 6.45) is -4.90. The molecule has 1 N–H and O–H groups in total. The summed E-state index contributed by atoms with van der Waals surface area (Å²) in [5.74, 6) is -1.16. The van der Waals surface area contributed by atoms with Crippen molar-refractivity contribution < 1.29 is 27.4 Å². The lowest BCUT2D eigenvalue weighted by Gasteiger charge is -2.20. The molecule has 0 aliphatic rings. The van der Waals surface area contributed by atoms with Crippen molar-refractivity contribution in [1.82, 2.24) is 4.90 Å². The first-order chi connectivity index (χ1) is 14.2.